The number of Topliss-reactive ketones (excluding diaryl/α,β-unsaturated/α-hetero) is 3. The normalized spacial score (nSPS) is 21.8. The molecule has 7 rings (SSSR count). The second kappa shape index (κ2) is 9.08. The third-order valence-corrected chi connectivity index (χ3v) is 8.71. The van der Waals surface area contributed by atoms with Crippen LogP contribution in [0.3, 0.4) is 0 Å². The van der Waals surface area contributed by atoms with Crippen molar-refractivity contribution in [1.29, 1.82) is 0 Å². The van der Waals surface area contributed by atoms with Gasteiger partial charge < -0.3 is 4.90 Å². The Balaban J connectivity index is 1.53. The molecule has 4 aromatic carbocycles. The lowest BCUT2D eigenvalue weighted by Crippen LogP contribution is -2.48. The molecule has 1 saturated heterocycles. The van der Waals surface area contributed by atoms with Crippen molar-refractivity contribution >= 4 is 29.1 Å². The van der Waals surface area contributed by atoms with E-state index in [1.165, 1.54) is 24.3 Å². The van der Waals surface area contributed by atoms with Gasteiger partial charge in [-0.25, -0.2) is 4.39 Å². The summed E-state index contributed by atoms with van der Waals surface area (Å²) in [5.74, 6) is -3.16. The van der Waals surface area contributed by atoms with Crippen LogP contribution in [0.15, 0.2) is 103 Å². The summed E-state index contributed by atoms with van der Waals surface area (Å²) in [5.41, 5.74) is -0.554. The highest BCUT2D eigenvalue weighted by Crippen LogP contribution is 2.61. The zero-order valence-electron chi connectivity index (χ0n) is 21.8. The smallest absolute Gasteiger partial charge is 0.352 e. The molecule has 3 aliphatic rings. The van der Waals surface area contributed by atoms with Crippen molar-refractivity contribution in [2.24, 2.45) is 5.41 Å². The number of hydrogen-bond donors (Lipinski definition) is 0. The van der Waals surface area contributed by atoms with Crippen LogP contribution in [-0.2, 0) is 6.18 Å². The van der Waals surface area contributed by atoms with E-state index in [0.29, 0.717) is 5.69 Å². The standard InChI is InChI=1S/C34H21F4NO3/c35-23-16-11-21(12-17-23)30(40)29-28(20-9-14-22(15-10-20)34(36,37)38)33(31(41)24-6-2-3-7-25(24)32(33)42)27-18-13-19-5-1-4-8-26(19)39(27)29/h1-18,27-29H/t27?,28-,29+/m0/s1. The summed E-state index contributed by atoms with van der Waals surface area (Å²) in [5, 5.41) is 0. The lowest BCUT2D eigenvalue weighted by Gasteiger charge is -2.37. The van der Waals surface area contributed by atoms with Gasteiger partial charge in [-0.2, -0.15) is 13.2 Å². The monoisotopic (exact) mass is 567 g/mol. The summed E-state index contributed by atoms with van der Waals surface area (Å²) in [6.07, 6.45) is -1.07. The van der Waals surface area contributed by atoms with Gasteiger partial charge in [0.15, 0.2) is 17.3 Å². The van der Waals surface area contributed by atoms with Crippen LogP contribution in [0.25, 0.3) is 6.08 Å². The first-order valence-corrected chi connectivity index (χ1v) is 13.3. The van der Waals surface area contributed by atoms with Gasteiger partial charge in [0.25, 0.3) is 0 Å². The van der Waals surface area contributed by atoms with E-state index >= 15 is 0 Å². The number of alkyl halides is 3. The first kappa shape index (κ1) is 26.1. The molecule has 42 heavy (non-hydrogen) atoms. The number of rotatable bonds is 3. The first-order valence-electron chi connectivity index (χ1n) is 13.3. The Morgan fingerprint density at radius 3 is 1.98 bits per heavy atom. The molecule has 3 atom stereocenters. The Morgan fingerprint density at radius 2 is 1.36 bits per heavy atom. The highest BCUT2D eigenvalue weighted by molar-refractivity contribution is 6.32. The quantitative estimate of drug-likeness (QED) is 0.150. The maximum Gasteiger partial charge on any atom is 0.416 e. The Labute approximate surface area is 237 Å². The molecule has 1 spiro atoms. The minimum absolute atomic E-state index is 0.150. The van der Waals surface area contributed by atoms with Crippen LogP contribution in [0, 0.1) is 11.2 Å². The number of benzene rings is 4. The number of hydrogen-bond acceptors (Lipinski definition) is 4. The SMILES string of the molecule is O=C(c1ccc(F)cc1)[C@H]1[C@H](c2ccc(C(F)(F)F)cc2)C2(C(=O)c3ccccc3C2=O)C2C=Cc3ccccc3N21. The summed E-state index contributed by atoms with van der Waals surface area (Å²) in [6, 6.07) is 20.8. The molecule has 0 aromatic heterocycles. The molecular weight excluding hydrogens is 546 g/mol. The number of nitrogens with zero attached hydrogens (tertiary/aromatic N) is 1. The van der Waals surface area contributed by atoms with Gasteiger partial charge in [0.2, 0.25) is 0 Å². The third kappa shape index (κ3) is 3.50. The number of halogens is 4. The number of fused-ring (bicyclic) bond motifs is 5. The van der Waals surface area contributed by atoms with Gasteiger partial charge in [0, 0.05) is 28.3 Å². The molecule has 0 saturated carbocycles. The van der Waals surface area contributed by atoms with E-state index in [2.05, 4.69) is 0 Å². The fourth-order valence-corrected chi connectivity index (χ4v) is 6.95. The largest absolute Gasteiger partial charge is 0.416 e. The second-order valence-electron chi connectivity index (χ2n) is 10.8. The minimum atomic E-state index is -4.61. The van der Waals surface area contributed by atoms with Gasteiger partial charge in [-0.05, 0) is 53.6 Å². The van der Waals surface area contributed by atoms with Crippen LogP contribution >= 0.6 is 0 Å². The Morgan fingerprint density at radius 1 is 0.762 bits per heavy atom. The van der Waals surface area contributed by atoms with Crippen molar-refractivity contribution in [3.63, 3.8) is 0 Å². The third-order valence-electron chi connectivity index (χ3n) is 8.71. The summed E-state index contributed by atoms with van der Waals surface area (Å²) in [7, 11) is 0. The molecule has 1 unspecified atom stereocenters. The number of carbonyl (C=O) groups is 3. The predicted molar refractivity (Wildman–Crippen MR) is 148 cm³/mol. The second-order valence-corrected chi connectivity index (χ2v) is 10.8. The Bertz CT molecular complexity index is 1770. The molecule has 0 N–H and O–H groups in total. The van der Waals surface area contributed by atoms with Crippen LogP contribution in [0.5, 0.6) is 0 Å². The van der Waals surface area contributed by atoms with Crippen molar-refractivity contribution in [1.82, 2.24) is 0 Å². The maximum absolute atomic E-state index is 14.5. The maximum atomic E-state index is 14.5. The molecule has 1 fully saturated rings. The van der Waals surface area contributed by atoms with E-state index in [1.54, 1.807) is 53.5 Å². The lowest BCUT2D eigenvalue weighted by molar-refractivity contribution is -0.137. The first-order chi connectivity index (χ1) is 20.1. The zero-order chi connectivity index (χ0) is 29.4. The van der Waals surface area contributed by atoms with E-state index in [0.717, 1.165) is 29.8 Å². The van der Waals surface area contributed by atoms with Crippen molar-refractivity contribution < 1.29 is 31.9 Å². The van der Waals surface area contributed by atoms with Crippen LogP contribution in [-0.4, -0.2) is 29.4 Å². The van der Waals surface area contributed by atoms with E-state index in [9.17, 15) is 31.9 Å². The minimum Gasteiger partial charge on any atom is -0.352 e. The van der Waals surface area contributed by atoms with Crippen LogP contribution in [0.1, 0.15) is 53.7 Å². The van der Waals surface area contributed by atoms with Gasteiger partial charge >= 0.3 is 6.18 Å². The fourth-order valence-electron chi connectivity index (χ4n) is 6.95. The molecule has 2 aliphatic heterocycles. The molecule has 4 nitrogen and oxygen atoms in total. The average Bonchev–Trinajstić information content (AvgIpc) is 3.43. The summed E-state index contributed by atoms with van der Waals surface area (Å²) in [4.78, 5) is 45.3. The molecule has 208 valence electrons. The number of anilines is 1. The molecule has 1 aliphatic carbocycles. The number of ketones is 3. The van der Waals surface area contributed by atoms with Crippen LogP contribution in [0.4, 0.5) is 23.2 Å². The van der Waals surface area contributed by atoms with E-state index in [1.807, 2.05) is 12.1 Å². The lowest BCUT2D eigenvalue weighted by atomic mass is 9.64. The number of carbonyl (C=O) groups excluding carboxylic acids is 3. The molecule has 2 heterocycles. The van der Waals surface area contributed by atoms with Crippen LogP contribution < -0.4 is 4.90 Å². The molecule has 4 aromatic rings. The summed E-state index contributed by atoms with van der Waals surface area (Å²) < 4.78 is 54.5. The van der Waals surface area contributed by atoms with Crippen molar-refractivity contribution in [2.75, 3.05) is 4.90 Å². The van der Waals surface area contributed by atoms with Gasteiger partial charge in [-0.1, -0.05) is 66.7 Å². The number of para-hydroxylation sites is 1. The topological polar surface area (TPSA) is 54.5 Å². The zero-order valence-corrected chi connectivity index (χ0v) is 21.8. The Hall–Kier alpha value is -4.85. The van der Waals surface area contributed by atoms with E-state index < -0.39 is 58.3 Å². The Kier molecular flexibility index (Phi) is 5.63. The van der Waals surface area contributed by atoms with Gasteiger partial charge in [0.1, 0.15) is 17.3 Å². The van der Waals surface area contributed by atoms with Crippen LogP contribution in [0.2, 0.25) is 0 Å². The molecule has 0 radical (unpaired) electrons. The molecular formula is C34H21F4NO3. The average molecular weight is 568 g/mol. The highest BCUT2D eigenvalue weighted by atomic mass is 19.4. The van der Waals surface area contributed by atoms with Gasteiger partial charge in [-0.15, -0.1) is 0 Å². The van der Waals surface area contributed by atoms with Gasteiger partial charge in [0.05, 0.1) is 11.6 Å². The van der Waals surface area contributed by atoms with Crippen molar-refractivity contribution in [3.05, 3.63) is 142 Å². The van der Waals surface area contributed by atoms with Gasteiger partial charge in [-0.3, -0.25) is 14.4 Å². The molecule has 8 heteroatoms. The fraction of sp³-hybridized carbons (Fsp3) is 0.147. The molecule has 0 bridgehead atoms. The van der Waals surface area contributed by atoms with Crippen molar-refractivity contribution in [2.45, 2.75) is 24.2 Å². The molecule has 0 amide bonds. The van der Waals surface area contributed by atoms with E-state index in [4.69, 9.17) is 0 Å². The predicted octanol–water partition coefficient (Wildman–Crippen LogP) is 7.16. The van der Waals surface area contributed by atoms with Crippen molar-refractivity contribution in [3.8, 4) is 0 Å². The highest BCUT2D eigenvalue weighted by Gasteiger charge is 2.71. The summed E-state index contributed by atoms with van der Waals surface area (Å²) in [6.45, 7) is 0. The summed E-state index contributed by atoms with van der Waals surface area (Å²) >= 11 is 0. The van der Waals surface area contributed by atoms with E-state index in [-0.39, 0.29) is 22.3 Å².